The molecule has 0 aliphatic rings. The fourth-order valence-corrected chi connectivity index (χ4v) is 2.34. The van der Waals surface area contributed by atoms with Crippen LogP contribution in [0.15, 0.2) is 60.8 Å². The lowest BCUT2D eigenvalue weighted by Gasteiger charge is -2.11. The largest absolute Gasteiger partial charge is 0.361 e. The van der Waals surface area contributed by atoms with E-state index in [1.807, 2.05) is 42.5 Å². The SMILES string of the molecule is CCc1ccc(C(=O)/C=C\Nc2ccccc2C(C)C)cc1. The third-order valence-corrected chi connectivity index (χ3v) is 3.70. The van der Waals surface area contributed by atoms with Crippen LogP contribution in [0.25, 0.3) is 0 Å². The maximum absolute atomic E-state index is 12.1. The number of hydrogen-bond donors (Lipinski definition) is 1. The second-order valence-corrected chi connectivity index (χ2v) is 5.63. The minimum atomic E-state index is 0.0113. The van der Waals surface area contributed by atoms with E-state index in [-0.39, 0.29) is 5.78 Å². The van der Waals surface area contributed by atoms with Gasteiger partial charge in [0, 0.05) is 23.5 Å². The van der Waals surface area contributed by atoms with Crippen molar-refractivity contribution in [2.45, 2.75) is 33.1 Å². The summed E-state index contributed by atoms with van der Waals surface area (Å²) >= 11 is 0. The van der Waals surface area contributed by atoms with E-state index in [9.17, 15) is 4.79 Å². The van der Waals surface area contributed by atoms with Crippen LogP contribution in [-0.2, 0) is 6.42 Å². The molecule has 2 nitrogen and oxygen atoms in total. The number of ketones is 1. The molecule has 2 rings (SSSR count). The topological polar surface area (TPSA) is 29.1 Å². The van der Waals surface area contributed by atoms with Gasteiger partial charge in [0.25, 0.3) is 0 Å². The lowest BCUT2D eigenvalue weighted by atomic mass is 10.0. The fourth-order valence-electron chi connectivity index (χ4n) is 2.34. The molecular formula is C20H23NO. The van der Waals surface area contributed by atoms with Crippen LogP contribution >= 0.6 is 0 Å². The number of rotatable bonds is 6. The molecule has 0 saturated carbocycles. The van der Waals surface area contributed by atoms with Crippen LogP contribution in [0.1, 0.15) is 48.2 Å². The van der Waals surface area contributed by atoms with Crippen molar-refractivity contribution in [3.8, 4) is 0 Å². The average molecular weight is 293 g/mol. The molecular weight excluding hydrogens is 270 g/mol. The van der Waals surface area contributed by atoms with E-state index in [2.05, 4.69) is 32.2 Å². The summed E-state index contributed by atoms with van der Waals surface area (Å²) in [5, 5.41) is 3.22. The Morgan fingerprint density at radius 3 is 2.41 bits per heavy atom. The van der Waals surface area contributed by atoms with E-state index in [0.29, 0.717) is 11.5 Å². The fraction of sp³-hybridized carbons (Fsp3) is 0.250. The van der Waals surface area contributed by atoms with Crippen LogP contribution in [-0.4, -0.2) is 5.78 Å². The zero-order chi connectivity index (χ0) is 15.9. The average Bonchev–Trinajstić information content (AvgIpc) is 2.55. The Balaban J connectivity index is 2.04. The highest BCUT2D eigenvalue weighted by atomic mass is 16.1. The first-order chi connectivity index (χ1) is 10.6. The van der Waals surface area contributed by atoms with E-state index < -0.39 is 0 Å². The molecule has 0 aliphatic carbocycles. The molecule has 0 atom stereocenters. The van der Waals surface area contributed by atoms with E-state index >= 15 is 0 Å². The first-order valence-corrected chi connectivity index (χ1v) is 7.77. The Labute approximate surface area is 132 Å². The number of carbonyl (C=O) groups is 1. The van der Waals surface area contributed by atoms with E-state index in [4.69, 9.17) is 0 Å². The van der Waals surface area contributed by atoms with E-state index in [1.54, 1.807) is 12.3 Å². The Morgan fingerprint density at radius 2 is 1.77 bits per heavy atom. The molecule has 0 saturated heterocycles. The molecule has 0 spiro atoms. The van der Waals surface area contributed by atoms with Gasteiger partial charge in [0.2, 0.25) is 0 Å². The predicted molar refractivity (Wildman–Crippen MR) is 93.4 cm³/mol. The predicted octanol–water partition coefficient (Wildman–Crippen LogP) is 5.18. The van der Waals surface area contributed by atoms with Gasteiger partial charge in [-0.3, -0.25) is 4.79 Å². The van der Waals surface area contributed by atoms with Gasteiger partial charge in [-0.05, 0) is 29.5 Å². The number of nitrogens with one attached hydrogen (secondary N) is 1. The van der Waals surface area contributed by atoms with Crippen LogP contribution in [0.3, 0.4) is 0 Å². The zero-order valence-electron chi connectivity index (χ0n) is 13.5. The van der Waals surface area contributed by atoms with Crippen LogP contribution in [0.5, 0.6) is 0 Å². The van der Waals surface area contributed by atoms with Gasteiger partial charge in [0.05, 0.1) is 0 Å². The lowest BCUT2D eigenvalue weighted by molar-refractivity contribution is 0.104. The highest BCUT2D eigenvalue weighted by Gasteiger charge is 2.04. The van der Waals surface area contributed by atoms with Crippen molar-refractivity contribution >= 4 is 11.5 Å². The molecule has 0 aromatic heterocycles. The van der Waals surface area contributed by atoms with Crippen molar-refractivity contribution in [1.29, 1.82) is 0 Å². The molecule has 1 N–H and O–H groups in total. The van der Waals surface area contributed by atoms with Gasteiger partial charge in [0.1, 0.15) is 0 Å². The first-order valence-electron chi connectivity index (χ1n) is 7.77. The van der Waals surface area contributed by atoms with Crippen LogP contribution < -0.4 is 5.32 Å². The van der Waals surface area contributed by atoms with E-state index in [1.165, 1.54) is 11.1 Å². The summed E-state index contributed by atoms with van der Waals surface area (Å²) in [6, 6.07) is 15.9. The monoisotopic (exact) mass is 293 g/mol. The summed E-state index contributed by atoms with van der Waals surface area (Å²) < 4.78 is 0. The Bertz CT molecular complexity index is 654. The second kappa shape index (κ2) is 7.60. The number of allylic oxidation sites excluding steroid dienone is 1. The van der Waals surface area contributed by atoms with Crippen LogP contribution in [0, 0.1) is 0 Å². The van der Waals surface area contributed by atoms with Crippen molar-refractivity contribution in [3.05, 3.63) is 77.5 Å². The Hall–Kier alpha value is -2.35. The van der Waals surface area contributed by atoms with Crippen molar-refractivity contribution in [1.82, 2.24) is 0 Å². The van der Waals surface area contributed by atoms with Crippen molar-refractivity contribution in [2.75, 3.05) is 5.32 Å². The number of anilines is 1. The molecule has 0 unspecified atom stereocenters. The molecule has 2 heteroatoms. The summed E-state index contributed by atoms with van der Waals surface area (Å²) in [5.74, 6) is 0.451. The molecule has 22 heavy (non-hydrogen) atoms. The van der Waals surface area contributed by atoms with Gasteiger partial charge in [-0.15, -0.1) is 0 Å². The third-order valence-electron chi connectivity index (χ3n) is 3.70. The smallest absolute Gasteiger partial charge is 0.187 e. The van der Waals surface area contributed by atoms with Gasteiger partial charge in [0.15, 0.2) is 5.78 Å². The van der Waals surface area contributed by atoms with Gasteiger partial charge in [-0.25, -0.2) is 0 Å². The Kier molecular flexibility index (Phi) is 5.54. The van der Waals surface area contributed by atoms with Crippen molar-refractivity contribution in [2.24, 2.45) is 0 Å². The minimum absolute atomic E-state index is 0.0113. The Morgan fingerprint density at radius 1 is 1.09 bits per heavy atom. The summed E-state index contributed by atoms with van der Waals surface area (Å²) in [6.07, 6.45) is 4.28. The van der Waals surface area contributed by atoms with Gasteiger partial charge in [-0.1, -0.05) is 63.2 Å². The molecule has 0 radical (unpaired) electrons. The summed E-state index contributed by atoms with van der Waals surface area (Å²) in [4.78, 5) is 12.1. The molecule has 114 valence electrons. The molecule has 2 aromatic rings. The maximum Gasteiger partial charge on any atom is 0.187 e. The van der Waals surface area contributed by atoms with E-state index in [0.717, 1.165) is 12.1 Å². The molecule has 2 aromatic carbocycles. The molecule has 0 aliphatic heterocycles. The number of para-hydroxylation sites is 1. The van der Waals surface area contributed by atoms with Gasteiger partial charge in [-0.2, -0.15) is 0 Å². The zero-order valence-corrected chi connectivity index (χ0v) is 13.5. The minimum Gasteiger partial charge on any atom is -0.361 e. The molecule has 0 amide bonds. The van der Waals surface area contributed by atoms with Crippen LogP contribution in [0.4, 0.5) is 5.69 Å². The summed E-state index contributed by atoms with van der Waals surface area (Å²) in [6.45, 7) is 6.42. The number of benzene rings is 2. The lowest BCUT2D eigenvalue weighted by Crippen LogP contribution is -1.99. The highest BCUT2D eigenvalue weighted by molar-refractivity contribution is 6.04. The van der Waals surface area contributed by atoms with Crippen molar-refractivity contribution < 1.29 is 4.79 Å². The molecule has 0 heterocycles. The second-order valence-electron chi connectivity index (χ2n) is 5.63. The third kappa shape index (κ3) is 4.08. The number of aryl methyl sites for hydroxylation is 1. The summed E-state index contributed by atoms with van der Waals surface area (Å²) in [5.41, 5.74) is 4.24. The standard InChI is InChI=1S/C20H23NO/c1-4-16-9-11-17(12-10-16)20(22)13-14-21-19-8-6-5-7-18(19)15(2)3/h5-15,21H,4H2,1-3H3/b14-13-. The van der Waals surface area contributed by atoms with Gasteiger partial charge < -0.3 is 5.32 Å². The first kappa shape index (κ1) is 16.0. The maximum atomic E-state index is 12.1. The number of hydrogen-bond acceptors (Lipinski definition) is 2. The highest BCUT2D eigenvalue weighted by Crippen LogP contribution is 2.23. The normalized spacial score (nSPS) is 11.1. The molecule has 0 bridgehead atoms. The summed E-state index contributed by atoms with van der Waals surface area (Å²) in [7, 11) is 0. The quantitative estimate of drug-likeness (QED) is 0.587. The number of carbonyl (C=O) groups excluding carboxylic acids is 1. The molecule has 0 fully saturated rings. The van der Waals surface area contributed by atoms with Crippen LogP contribution in [0.2, 0.25) is 0 Å². The van der Waals surface area contributed by atoms with Gasteiger partial charge >= 0.3 is 0 Å². The van der Waals surface area contributed by atoms with Crippen molar-refractivity contribution in [3.63, 3.8) is 0 Å².